The second kappa shape index (κ2) is 11.8. The fourth-order valence-electron chi connectivity index (χ4n) is 2.11. The van der Waals surface area contributed by atoms with Crippen LogP contribution in [0.1, 0.15) is 46.0 Å². The number of unbranched alkanes of at least 4 members (excludes halogenated alkanes) is 1. The summed E-state index contributed by atoms with van der Waals surface area (Å²) in [5.74, 6) is 1.75. The van der Waals surface area contributed by atoms with Crippen molar-refractivity contribution in [2.45, 2.75) is 52.0 Å². The fraction of sp³-hybridized carbons (Fsp3) is 0.929. The highest BCUT2D eigenvalue weighted by molar-refractivity contribution is 14.0. The highest BCUT2D eigenvalue weighted by Gasteiger charge is 2.14. The molecule has 0 amide bonds. The first kappa shape index (κ1) is 19.0. The summed E-state index contributed by atoms with van der Waals surface area (Å²) in [6, 6.07) is 0.514. The minimum absolute atomic E-state index is 0. The quantitative estimate of drug-likeness (QED) is 0.321. The lowest BCUT2D eigenvalue weighted by atomic mass is 10.1. The number of hydrogen-bond donors (Lipinski definition) is 2. The third-order valence-corrected chi connectivity index (χ3v) is 3.29. The minimum atomic E-state index is 0. The van der Waals surface area contributed by atoms with Crippen LogP contribution < -0.4 is 10.6 Å². The first-order valence-electron chi connectivity index (χ1n) is 7.27. The van der Waals surface area contributed by atoms with Crippen LogP contribution in [0.2, 0.25) is 0 Å². The average Bonchev–Trinajstić information content (AvgIpc) is 2.38. The third kappa shape index (κ3) is 9.49. The summed E-state index contributed by atoms with van der Waals surface area (Å²) < 4.78 is 5.35. The molecule has 5 heteroatoms. The van der Waals surface area contributed by atoms with Crippen LogP contribution in [0.5, 0.6) is 0 Å². The van der Waals surface area contributed by atoms with E-state index in [0.29, 0.717) is 6.04 Å². The van der Waals surface area contributed by atoms with Gasteiger partial charge in [-0.1, -0.05) is 26.7 Å². The van der Waals surface area contributed by atoms with Crippen molar-refractivity contribution in [3.63, 3.8) is 0 Å². The van der Waals surface area contributed by atoms with Gasteiger partial charge in [0.15, 0.2) is 5.96 Å². The van der Waals surface area contributed by atoms with Gasteiger partial charge in [0.25, 0.3) is 0 Å². The molecule has 2 N–H and O–H groups in total. The summed E-state index contributed by atoms with van der Waals surface area (Å²) in [6.07, 6.45) is 5.97. The van der Waals surface area contributed by atoms with Gasteiger partial charge in [0, 0.05) is 32.8 Å². The summed E-state index contributed by atoms with van der Waals surface area (Å²) in [6.45, 7) is 7.29. The first-order valence-corrected chi connectivity index (χ1v) is 7.27. The Morgan fingerprint density at radius 3 is 2.53 bits per heavy atom. The SMILES string of the molecule is CN=C(NCCCCC(C)C)NC1CCOCC1.I. The first-order chi connectivity index (χ1) is 8.72. The third-order valence-electron chi connectivity index (χ3n) is 3.29. The number of rotatable bonds is 6. The van der Waals surface area contributed by atoms with Crippen molar-refractivity contribution < 1.29 is 4.74 Å². The van der Waals surface area contributed by atoms with E-state index in [4.69, 9.17) is 4.74 Å². The molecule has 0 aliphatic carbocycles. The Morgan fingerprint density at radius 1 is 1.26 bits per heavy atom. The molecule has 1 aliphatic rings. The molecule has 0 unspecified atom stereocenters. The summed E-state index contributed by atoms with van der Waals surface area (Å²) in [7, 11) is 1.84. The molecule has 0 radical (unpaired) electrons. The highest BCUT2D eigenvalue weighted by Crippen LogP contribution is 2.06. The van der Waals surface area contributed by atoms with E-state index in [1.165, 1.54) is 19.3 Å². The lowest BCUT2D eigenvalue weighted by molar-refractivity contribution is 0.0822. The van der Waals surface area contributed by atoms with Gasteiger partial charge in [0.2, 0.25) is 0 Å². The van der Waals surface area contributed by atoms with E-state index >= 15 is 0 Å². The van der Waals surface area contributed by atoms with Crippen LogP contribution in [-0.2, 0) is 4.74 Å². The Morgan fingerprint density at radius 2 is 1.95 bits per heavy atom. The van der Waals surface area contributed by atoms with Crippen LogP contribution in [0.25, 0.3) is 0 Å². The molecule has 0 aromatic rings. The Balaban J connectivity index is 0.00000324. The van der Waals surface area contributed by atoms with Gasteiger partial charge < -0.3 is 15.4 Å². The average molecular weight is 383 g/mol. The number of guanidine groups is 1. The molecule has 114 valence electrons. The molecule has 1 heterocycles. The minimum Gasteiger partial charge on any atom is -0.381 e. The van der Waals surface area contributed by atoms with E-state index in [-0.39, 0.29) is 24.0 Å². The van der Waals surface area contributed by atoms with E-state index in [1.807, 2.05) is 7.05 Å². The molecule has 1 aliphatic heterocycles. The van der Waals surface area contributed by atoms with Gasteiger partial charge in [-0.25, -0.2) is 0 Å². The Kier molecular flexibility index (Phi) is 11.7. The summed E-state index contributed by atoms with van der Waals surface area (Å²) in [4.78, 5) is 4.27. The lowest BCUT2D eigenvalue weighted by Gasteiger charge is -2.25. The van der Waals surface area contributed by atoms with Gasteiger partial charge in [0.05, 0.1) is 0 Å². The number of halogens is 1. The van der Waals surface area contributed by atoms with Crippen LogP contribution in [-0.4, -0.2) is 38.8 Å². The molecular weight excluding hydrogens is 353 g/mol. The molecule has 0 atom stereocenters. The van der Waals surface area contributed by atoms with E-state index < -0.39 is 0 Å². The number of hydrogen-bond acceptors (Lipinski definition) is 2. The van der Waals surface area contributed by atoms with E-state index in [0.717, 1.165) is 44.5 Å². The summed E-state index contributed by atoms with van der Waals surface area (Å²) in [5, 5.41) is 6.85. The van der Waals surface area contributed by atoms with Crippen LogP contribution in [0.3, 0.4) is 0 Å². The molecular formula is C14H30IN3O. The molecule has 1 rings (SSSR count). The lowest BCUT2D eigenvalue weighted by Crippen LogP contribution is -2.45. The number of aliphatic imine (C=N–C) groups is 1. The van der Waals surface area contributed by atoms with Crippen molar-refractivity contribution in [1.29, 1.82) is 0 Å². The van der Waals surface area contributed by atoms with Crippen molar-refractivity contribution in [2.75, 3.05) is 26.8 Å². The van der Waals surface area contributed by atoms with Gasteiger partial charge in [-0.05, 0) is 25.2 Å². The Hall–Kier alpha value is -0.0400. The van der Waals surface area contributed by atoms with Crippen molar-refractivity contribution >= 4 is 29.9 Å². The van der Waals surface area contributed by atoms with Gasteiger partial charge >= 0.3 is 0 Å². The van der Waals surface area contributed by atoms with Crippen LogP contribution in [0.4, 0.5) is 0 Å². The maximum atomic E-state index is 5.35. The zero-order chi connectivity index (χ0) is 13.2. The fourth-order valence-corrected chi connectivity index (χ4v) is 2.11. The summed E-state index contributed by atoms with van der Waals surface area (Å²) >= 11 is 0. The molecule has 19 heavy (non-hydrogen) atoms. The molecule has 4 nitrogen and oxygen atoms in total. The van der Waals surface area contributed by atoms with Crippen molar-refractivity contribution in [1.82, 2.24) is 10.6 Å². The van der Waals surface area contributed by atoms with E-state index in [2.05, 4.69) is 29.5 Å². The topological polar surface area (TPSA) is 45.7 Å². The molecule has 0 aromatic carbocycles. The van der Waals surface area contributed by atoms with Crippen LogP contribution >= 0.6 is 24.0 Å². The van der Waals surface area contributed by atoms with Crippen molar-refractivity contribution in [2.24, 2.45) is 10.9 Å². The Bertz CT molecular complexity index is 241. The molecule has 1 fully saturated rings. The maximum Gasteiger partial charge on any atom is 0.191 e. The molecule has 0 spiro atoms. The van der Waals surface area contributed by atoms with Gasteiger partial charge in [-0.3, -0.25) is 4.99 Å². The second-order valence-electron chi connectivity index (χ2n) is 5.42. The van der Waals surface area contributed by atoms with Crippen LogP contribution in [0, 0.1) is 5.92 Å². The van der Waals surface area contributed by atoms with Gasteiger partial charge in [-0.15, -0.1) is 24.0 Å². The predicted molar refractivity (Wildman–Crippen MR) is 92.4 cm³/mol. The number of nitrogens with zero attached hydrogens (tertiary/aromatic N) is 1. The van der Waals surface area contributed by atoms with E-state index in [1.54, 1.807) is 0 Å². The standard InChI is InChI=1S/C14H29N3O.HI/c1-12(2)6-4-5-9-16-14(15-3)17-13-7-10-18-11-8-13;/h12-13H,4-11H2,1-3H3,(H2,15,16,17);1H. The normalized spacial score (nSPS) is 17.2. The highest BCUT2D eigenvalue weighted by atomic mass is 127. The maximum absolute atomic E-state index is 5.35. The molecule has 0 bridgehead atoms. The van der Waals surface area contributed by atoms with E-state index in [9.17, 15) is 0 Å². The van der Waals surface area contributed by atoms with Gasteiger partial charge in [-0.2, -0.15) is 0 Å². The molecule has 0 saturated carbocycles. The van der Waals surface area contributed by atoms with Crippen molar-refractivity contribution in [3.05, 3.63) is 0 Å². The van der Waals surface area contributed by atoms with Crippen LogP contribution in [0.15, 0.2) is 4.99 Å². The molecule has 0 aromatic heterocycles. The smallest absolute Gasteiger partial charge is 0.191 e. The predicted octanol–water partition coefficient (Wildman–Crippen LogP) is 2.77. The second-order valence-corrected chi connectivity index (χ2v) is 5.42. The molecule has 1 saturated heterocycles. The van der Waals surface area contributed by atoms with Crippen molar-refractivity contribution in [3.8, 4) is 0 Å². The van der Waals surface area contributed by atoms with Gasteiger partial charge in [0.1, 0.15) is 0 Å². The monoisotopic (exact) mass is 383 g/mol. The zero-order valence-corrected chi connectivity index (χ0v) is 14.9. The Labute approximate surface area is 135 Å². The largest absolute Gasteiger partial charge is 0.381 e. The zero-order valence-electron chi connectivity index (χ0n) is 12.6. The summed E-state index contributed by atoms with van der Waals surface area (Å²) in [5.41, 5.74) is 0. The number of ether oxygens (including phenoxy) is 1. The number of nitrogens with one attached hydrogen (secondary N) is 2.